The first-order valence-electron chi connectivity index (χ1n) is 9.79. The highest BCUT2D eigenvalue weighted by atomic mass is 16.5. The normalized spacial score (nSPS) is 12.9. The van der Waals surface area contributed by atoms with Gasteiger partial charge < -0.3 is 25.4 Å². The maximum atomic E-state index is 11.7. The number of anilines is 1. The third-order valence-corrected chi connectivity index (χ3v) is 4.61. The van der Waals surface area contributed by atoms with Crippen molar-refractivity contribution in [2.24, 2.45) is 0 Å². The number of carbonyl (C=O) groups is 1. The van der Waals surface area contributed by atoms with Crippen molar-refractivity contribution in [2.45, 2.75) is 45.3 Å². The smallest absolute Gasteiger partial charge is 0.411 e. The van der Waals surface area contributed by atoms with Crippen LogP contribution in [0, 0.1) is 6.92 Å². The molecule has 0 saturated heterocycles. The van der Waals surface area contributed by atoms with Crippen LogP contribution in [0.1, 0.15) is 43.4 Å². The van der Waals surface area contributed by atoms with Crippen molar-refractivity contribution in [3.8, 4) is 11.5 Å². The Bertz CT molecular complexity index is 779. The molecule has 0 fully saturated rings. The fourth-order valence-electron chi connectivity index (χ4n) is 2.79. The SMILES string of the molecule is Cc1ccc(NC(=O)OCCCCC(C)NCC(O)c2ccc(O)c(O)c2)cc1. The number of aliphatic hydroxyl groups excluding tert-OH is 1. The van der Waals surface area contributed by atoms with E-state index in [-0.39, 0.29) is 17.5 Å². The molecule has 158 valence electrons. The zero-order valence-electron chi connectivity index (χ0n) is 16.9. The second-order valence-electron chi connectivity index (χ2n) is 7.20. The maximum absolute atomic E-state index is 11.7. The molecule has 0 bridgehead atoms. The molecule has 2 aromatic rings. The standard InChI is InChI=1S/C22H30N2O5/c1-15-6-9-18(10-7-15)24-22(28)29-12-4-3-5-16(2)23-14-21(27)17-8-11-19(25)20(26)13-17/h6-11,13,16,21,23,25-27H,3-5,12,14H2,1-2H3,(H,24,28). The third kappa shape index (κ3) is 8.01. The highest BCUT2D eigenvalue weighted by Crippen LogP contribution is 2.27. The summed E-state index contributed by atoms with van der Waals surface area (Å²) in [4.78, 5) is 11.7. The summed E-state index contributed by atoms with van der Waals surface area (Å²) in [5, 5.41) is 34.9. The van der Waals surface area contributed by atoms with Crippen LogP contribution in [0.5, 0.6) is 11.5 Å². The Kier molecular flexibility index (Phi) is 8.76. The summed E-state index contributed by atoms with van der Waals surface area (Å²) in [6.45, 7) is 4.68. The van der Waals surface area contributed by atoms with Crippen LogP contribution in [0.15, 0.2) is 42.5 Å². The molecule has 0 spiro atoms. The summed E-state index contributed by atoms with van der Waals surface area (Å²) in [7, 11) is 0. The molecule has 7 nitrogen and oxygen atoms in total. The molecule has 0 aliphatic carbocycles. The number of aromatic hydroxyl groups is 2. The number of phenols is 2. The highest BCUT2D eigenvalue weighted by Gasteiger charge is 2.12. The molecule has 2 unspecified atom stereocenters. The quantitative estimate of drug-likeness (QED) is 0.305. The lowest BCUT2D eigenvalue weighted by Gasteiger charge is -2.17. The average Bonchev–Trinajstić information content (AvgIpc) is 2.69. The molecule has 0 radical (unpaired) electrons. The van der Waals surface area contributed by atoms with E-state index < -0.39 is 12.2 Å². The predicted molar refractivity (Wildman–Crippen MR) is 112 cm³/mol. The maximum Gasteiger partial charge on any atom is 0.411 e. The first kappa shape index (κ1) is 22.5. The summed E-state index contributed by atoms with van der Waals surface area (Å²) < 4.78 is 5.18. The molecular formula is C22H30N2O5. The fourth-order valence-corrected chi connectivity index (χ4v) is 2.79. The Balaban J connectivity index is 1.57. The molecule has 2 rings (SSSR count). The second-order valence-corrected chi connectivity index (χ2v) is 7.20. The first-order chi connectivity index (χ1) is 13.8. The minimum atomic E-state index is -0.780. The van der Waals surface area contributed by atoms with Gasteiger partial charge in [0.2, 0.25) is 0 Å². The number of aliphatic hydroxyl groups is 1. The number of nitrogens with one attached hydrogen (secondary N) is 2. The van der Waals surface area contributed by atoms with E-state index in [0.29, 0.717) is 24.4 Å². The van der Waals surface area contributed by atoms with E-state index >= 15 is 0 Å². The van der Waals surface area contributed by atoms with E-state index in [2.05, 4.69) is 10.6 Å². The number of rotatable bonds is 10. The molecule has 2 aromatic carbocycles. The molecular weight excluding hydrogens is 372 g/mol. The van der Waals surface area contributed by atoms with Crippen molar-refractivity contribution in [2.75, 3.05) is 18.5 Å². The average molecular weight is 402 g/mol. The fraction of sp³-hybridized carbons (Fsp3) is 0.409. The van der Waals surface area contributed by atoms with Crippen LogP contribution >= 0.6 is 0 Å². The topological polar surface area (TPSA) is 111 Å². The van der Waals surface area contributed by atoms with Crippen molar-refractivity contribution in [1.29, 1.82) is 0 Å². The lowest BCUT2D eigenvalue weighted by Crippen LogP contribution is -2.30. The van der Waals surface area contributed by atoms with Crippen LogP contribution in [-0.2, 0) is 4.74 Å². The molecule has 2 atom stereocenters. The molecule has 0 aliphatic rings. The van der Waals surface area contributed by atoms with Crippen molar-refractivity contribution in [1.82, 2.24) is 5.32 Å². The van der Waals surface area contributed by atoms with Crippen LogP contribution in [-0.4, -0.2) is 40.6 Å². The van der Waals surface area contributed by atoms with E-state index in [4.69, 9.17) is 4.74 Å². The molecule has 5 N–H and O–H groups in total. The Morgan fingerprint density at radius 3 is 2.48 bits per heavy atom. The zero-order valence-corrected chi connectivity index (χ0v) is 16.9. The highest BCUT2D eigenvalue weighted by molar-refractivity contribution is 5.84. The van der Waals surface area contributed by atoms with E-state index in [1.807, 2.05) is 38.1 Å². The van der Waals surface area contributed by atoms with Crippen molar-refractivity contribution < 1.29 is 24.9 Å². The summed E-state index contributed by atoms with van der Waals surface area (Å²) >= 11 is 0. The largest absolute Gasteiger partial charge is 0.504 e. The van der Waals surface area contributed by atoms with Gasteiger partial charge in [0.05, 0.1) is 12.7 Å². The van der Waals surface area contributed by atoms with Gasteiger partial charge in [0.15, 0.2) is 11.5 Å². The number of aryl methyl sites for hydroxylation is 1. The third-order valence-electron chi connectivity index (χ3n) is 4.61. The van der Waals surface area contributed by atoms with E-state index in [1.54, 1.807) is 6.07 Å². The van der Waals surface area contributed by atoms with Gasteiger partial charge in [-0.25, -0.2) is 4.79 Å². The van der Waals surface area contributed by atoms with Crippen LogP contribution in [0.3, 0.4) is 0 Å². The molecule has 0 heterocycles. The number of ether oxygens (including phenoxy) is 1. The molecule has 0 aromatic heterocycles. The molecule has 7 heteroatoms. The van der Waals surface area contributed by atoms with Gasteiger partial charge in [-0.1, -0.05) is 23.8 Å². The van der Waals surface area contributed by atoms with Crippen molar-refractivity contribution >= 4 is 11.8 Å². The lowest BCUT2D eigenvalue weighted by molar-refractivity contribution is 0.157. The summed E-state index contributed by atoms with van der Waals surface area (Å²) in [6, 6.07) is 12.0. The van der Waals surface area contributed by atoms with Gasteiger partial charge in [-0.2, -0.15) is 0 Å². The number of unbranched alkanes of at least 4 members (excludes halogenated alkanes) is 1. The predicted octanol–water partition coefficient (Wildman–Crippen LogP) is 3.84. The van der Waals surface area contributed by atoms with Crippen LogP contribution in [0.4, 0.5) is 10.5 Å². The van der Waals surface area contributed by atoms with Crippen LogP contribution in [0.2, 0.25) is 0 Å². The van der Waals surface area contributed by atoms with E-state index in [0.717, 1.165) is 24.8 Å². The van der Waals surface area contributed by atoms with Gasteiger partial charge in [0.1, 0.15) is 0 Å². The van der Waals surface area contributed by atoms with Gasteiger partial charge in [0, 0.05) is 18.3 Å². The first-order valence-corrected chi connectivity index (χ1v) is 9.79. The Morgan fingerprint density at radius 2 is 1.79 bits per heavy atom. The number of amides is 1. The number of hydrogen-bond donors (Lipinski definition) is 5. The summed E-state index contributed by atoms with van der Waals surface area (Å²) in [6.07, 6.45) is 1.26. The minimum Gasteiger partial charge on any atom is -0.504 e. The van der Waals surface area contributed by atoms with Gasteiger partial charge in [-0.3, -0.25) is 5.32 Å². The van der Waals surface area contributed by atoms with E-state index in [1.165, 1.54) is 12.1 Å². The van der Waals surface area contributed by atoms with Crippen molar-refractivity contribution in [3.05, 3.63) is 53.6 Å². The number of phenolic OH excluding ortho intramolecular Hbond substituents is 2. The van der Waals surface area contributed by atoms with Crippen LogP contribution < -0.4 is 10.6 Å². The van der Waals surface area contributed by atoms with Gasteiger partial charge in [0.25, 0.3) is 0 Å². The molecule has 1 amide bonds. The molecule has 0 aliphatic heterocycles. The van der Waals surface area contributed by atoms with Crippen LogP contribution in [0.25, 0.3) is 0 Å². The Morgan fingerprint density at radius 1 is 1.07 bits per heavy atom. The monoisotopic (exact) mass is 402 g/mol. The lowest BCUT2D eigenvalue weighted by atomic mass is 10.1. The molecule has 0 saturated carbocycles. The number of benzene rings is 2. The van der Waals surface area contributed by atoms with Crippen molar-refractivity contribution in [3.63, 3.8) is 0 Å². The van der Waals surface area contributed by atoms with E-state index in [9.17, 15) is 20.1 Å². The number of hydrogen-bond acceptors (Lipinski definition) is 6. The van der Waals surface area contributed by atoms with Gasteiger partial charge >= 0.3 is 6.09 Å². The summed E-state index contributed by atoms with van der Waals surface area (Å²) in [5.74, 6) is -0.460. The Hall–Kier alpha value is -2.77. The Labute approximate surface area is 171 Å². The molecule has 29 heavy (non-hydrogen) atoms. The summed E-state index contributed by atoms with van der Waals surface area (Å²) in [5.41, 5.74) is 2.37. The zero-order chi connectivity index (χ0) is 21.2. The second kappa shape index (κ2) is 11.3. The van der Waals surface area contributed by atoms with Gasteiger partial charge in [-0.15, -0.1) is 0 Å². The van der Waals surface area contributed by atoms with Gasteiger partial charge in [-0.05, 0) is 62.9 Å². The minimum absolute atomic E-state index is 0.178. The number of carbonyl (C=O) groups excluding carboxylic acids is 1.